The second-order valence-electron chi connectivity index (χ2n) is 6.33. The first kappa shape index (κ1) is 18.2. The van der Waals surface area contributed by atoms with E-state index in [4.69, 9.17) is 10.7 Å². The first-order valence-electron chi connectivity index (χ1n) is 7.60. The van der Waals surface area contributed by atoms with Gasteiger partial charge in [0.25, 0.3) is 14.9 Å². The largest absolute Gasteiger partial charge is 0.453 e. The Morgan fingerprint density at radius 2 is 1.92 bits per heavy atom. The van der Waals surface area contributed by atoms with Crippen LogP contribution in [0.5, 0.6) is 0 Å². The monoisotopic (exact) mass is 393 g/mol. The number of hydrogen-bond acceptors (Lipinski definition) is 4. The zero-order chi connectivity index (χ0) is 18.6. The number of alkyl halides is 3. The lowest BCUT2D eigenvalue weighted by Gasteiger charge is -2.17. The first-order valence-corrected chi connectivity index (χ1v) is 9.91. The van der Waals surface area contributed by atoms with Gasteiger partial charge >= 0.3 is 6.18 Å². The summed E-state index contributed by atoms with van der Waals surface area (Å²) in [5.74, 6) is -1.24. The number of rotatable bonds is 4. The van der Waals surface area contributed by atoms with Gasteiger partial charge in [-0.3, -0.25) is 0 Å². The van der Waals surface area contributed by atoms with Crippen molar-refractivity contribution < 1.29 is 21.6 Å². The van der Waals surface area contributed by atoms with Gasteiger partial charge in [0, 0.05) is 10.7 Å². The number of nitrogens with zero attached hydrogens (tertiary/aromatic N) is 3. The second kappa shape index (κ2) is 5.98. The van der Waals surface area contributed by atoms with Gasteiger partial charge in [0.2, 0.25) is 0 Å². The molecule has 25 heavy (non-hydrogen) atoms. The van der Waals surface area contributed by atoms with E-state index in [9.17, 15) is 21.6 Å². The molecule has 0 atom stereocenters. The molecule has 2 aromatic rings. The molecule has 0 unspecified atom stereocenters. The van der Waals surface area contributed by atoms with Crippen LogP contribution in [0, 0.1) is 0 Å². The van der Waals surface area contributed by atoms with E-state index in [2.05, 4.69) is 10.1 Å². The van der Waals surface area contributed by atoms with Crippen LogP contribution in [-0.4, -0.2) is 23.2 Å². The van der Waals surface area contributed by atoms with E-state index in [1.54, 1.807) is 6.07 Å². The van der Waals surface area contributed by atoms with Crippen molar-refractivity contribution in [2.45, 2.75) is 49.6 Å². The molecule has 0 saturated heterocycles. The molecule has 1 aliphatic carbocycles. The molecule has 5 nitrogen and oxygen atoms in total. The van der Waals surface area contributed by atoms with Crippen molar-refractivity contribution in [2.75, 3.05) is 0 Å². The molecule has 1 aromatic carbocycles. The maximum atomic E-state index is 12.8. The Balaban J connectivity index is 2.23. The molecule has 0 radical (unpaired) electrons. The van der Waals surface area contributed by atoms with Gasteiger partial charge in [-0.25, -0.2) is 18.1 Å². The molecule has 1 fully saturated rings. The number of aromatic nitrogens is 3. The summed E-state index contributed by atoms with van der Waals surface area (Å²) >= 11 is 0. The maximum Gasteiger partial charge on any atom is 0.453 e. The van der Waals surface area contributed by atoms with E-state index in [1.165, 1.54) is 6.07 Å². The number of benzene rings is 1. The predicted molar refractivity (Wildman–Crippen MR) is 85.5 cm³/mol. The van der Waals surface area contributed by atoms with Crippen LogP contribution in [0.2, 0.25) is 0 Å². The summed E-state index contributed by atoms with van der Waals surface area (Å²) in [6.07, 6.45) is -2.04. The van der Waals surface area contributed by atoms with Gasteiger partial charge < -0.3 is 0 Å². The Kier molecular flexibility index (Phi) is 4.35. The minimum atomic E-state index is -4.68. The molecule has 10 heteroatoms. The lowest BCUT2D eigenvalue weighted by atomic mass is 9.97. The van der Waals surface area contributed by atoms with Gasteiger partial charge in [-0.05, 0) is 41.9 Å². The minimum absolute atomic E-state index is 0.0573. The van der Waals surface area contributed by atoms with Crippen LogP contribution in [0.1, 0.15) is 55.5 Å². The summed E-state index contributed by atoms with van der Waals surface area (Å²) in [5.41, 5.74) is 1.52. The van der Waals surface area contributed by atoms with Crippen molar-refractivity contribution in [1.29, 1.82) is 0 Å². The molecule has 136 valence electrons. The van der Waals surface area contributed by atoms with Gasteiger partial charge in [-0.15, -0.1) is 5.10 Å². The Morgan fingerprint density at radius 1 is 1.28 bits per heavy atom. The molecular weight excluding hydrogens is 379 g/mol. The SMILES string of the molecule is CC(C)c1cc(C2CC2)c(S(=O)(=O)Cl)cc1-n1cnc(C(F)(F)F)n1. The van der Waals surface area contributed by atoms with Gasteiger partial charge in [-0.2, -0.15) is 13.2 Å². The first-order chi connectivity index (χ1) is 11.5. The zero-order valence-corrected chi connectivity index (χ0v) is 15.0. The third-order valence-electron chi connectivity index (χ3n) is 4.05. The lowest BCUT2D eigenvalue weighted by Crippen LogP contribution is -2.10. The van der Waals surface area contributed by atoms with E-state index in [0.29, 0.717) is 11.1 Å². The van der Waals surface area contributed by atoms with E-state index in [-0.39, 0.29) is 22.4 Å². The highest BCUT2D eigenvalue weighted by molar-refractivity contribution is 8.13. The summed E-state index contributed by atoms with van der Waals surface area (Å²) in [4.78, 5) is 3.19. The Labute approximate surface area is 147 Å². The summed E-state index contributed by atoms with van der Waals surface area (Å²) in [6, 6.07) is 3.00. The van der Waals surface area contributed by atoms with Crippen LogP contribution in [0.25, 0.3) is 5.69 Å². The molecule has 3 rings (SSSR count). The fourth-order valence-electron chi connectivity index (χ4n) is 2.70. The fraction of sp³-hybridized carbons (Fsp3) is 0.467. The molecule has 0 bridgehead atoms. The van der Waals surface area contributed by atoms with Crippen LogP contribution in [0.15, 0.2) is 23.4 Å². The number of halogens is 4. The molecule has 0 aliphatic heterocycles. The van der Waals surface area contributed by atoms with Crippen molar-refractivity contribution in [3.8, 4) is 5.69 Å². The molecule has 1 heterocycles. The van der Waals surface area contributed by atoms with E-state index in [1.807, 2.05) is 13.8 Å². The Bertz CT molecular complexity index is 919. The minimum Gasteiger partial charge on any atom is -0.220 e. The molecule has 0 amide bonds. The normalized spacial score (nSPS) is 15.8. The molecule has 1 aromatic heterocycles. The van der Waals surface area contributed by atoms with Crippen LogP contribution in [-0.2, 0) is 15.2 Å². The van der Waals surface area contributed by atoms with Crippen molar-refractivity contribution in [2.24, 2.45) is 0 Å². The van der Waals surface area contributed by atoms with Gasteiger partial charge in [-0.1, -0.05) is 19.9 Å². The smallest absolute Gasteiger partial charge is 0.220 e. The van der Waals surface area contributed by atoms with Crippen LogP contribution in [0.4, 0.5) is 13.2 Å². The second-order valence-corrected chi connectivity index (χ2v) is 8.86. The maximum absolute atomic E-state index is 12.8. The van der Waals surface area contributed by atoms with Crippen molar-refractivity contribution >= 4 is 19.7 Å². The summed E-state index contributed by atoms with van der Waals surface area (Å²) in [7, 11) is 1.51. The van der Waals surface area contributed by atoms with Crippen LogP contribution < -0.4 is 0 Å². The van der Waals surface area contributed by atoms with Crippen LogP contribution >= 0.6 is 10.7 Å². The van der Waals surface area contributed by atoms with E-state index >= 15 is 0 Å². The Morgan fingerprint density at radius 3 is 2.36 bits per heavy atom. The quantitative estimate of drug-likeness (QED) is 0.730. The average molecular weight is 394 g/mol. The summed E-state index contributed by atoms with van der Waals surface area (Å²) < 4.78 is 63.2. The van der Waals surface area contributed by atoms with Gasteiger partial charge in [0.1, 0.15) is 6.33 Å². The third-order valence-corrected chi connectivity index (χ3v) is 5.43. The average Bonchev–Trinajstić information content (AvgIpc) is 3.19. The topological polar surface area (TPSA) is 64.8 Å². The van der Waals surface area contributed by atoms with Crippen molar-refractivity contribution in [3.05, 3.63) is 35.4 Å². The lowest BCUT2D eigenvalue weighted by molar-refractivity contribution is -0.144. The van der Waals surface area contributed by atoms with Gasteiger partial charge in [0.05, 0.1) is 10.6 Å². The van der Waals surface area contributed by atoms with Gasteiger partial charge in [0.15, 0.2) is 0 Å². The van der Waals surface area contributed by atoms with Crippen LogP contribution in [0.3, 0.4) is 0 Å². The summed E-state index contributed by atoms with van der Waals surface area (Å²) in [5, 5.41) is 3.45. The highest BCUT2D eigenvalue weighted by Gasteiger charge is 2.36. The molecule has 0 N–H and O–H groups in total. The van der Waals surface area contributed by atoms with E-state index in [0.717, 1.165) is 23.9 Å². The van der Waals surface area contributed by atoms with Crippen molar-refractivity contribution in [1.82, 2.24) is 14.8 Å². The Hall–Kier alpha value is -1.61. The summed E-state index contributed by atoms with van der Waals surface area (Å²) in [6.45, 7) is 3.73. The molecule has 1 aliphatic rings. The fourth-order valence-corrected chi connectivity index (χ4v) is 3.86. The van der Waals surface area contributed by atoms with Crippen molar-refractivity contribution in [3.63, 3.8) is 0 Å². The molecular formula is C15H15ClF3N3O2S. The molecule has 0 spiro atoms. The highest BCUT2D eigenvalue weighted by atomic mass is 35.7. The third kappa shape index (κ3) is 3.67. The zero-order valence-electron chi connectivity index (χ0n) is 13.4. The predicted octanol–water partition coefficient (Wildman–Crippen LogP) is 4.21. The highest BCUT2D eigenvalue weighted by Crippen LogP contribution is 2.45. The standard InChI is InChI=1S/C15H15ClF3N3O2S/c1-8(2)10-5-11(9-3-4-9)13(25(16,23)24)6-12(10)22-7-20-14(21-22)15(17,18)19/h5-9H,3-4H2,1-2H3. The molecule has 1 saturated carbocycles. The van der Waals surface area contributed by atoms with E-state index < -0.39 is 21.1 Å². The number of hydrogen-bond donors (Lipinski definition) is 0.